The van der Waals surface area contributed by atoms with E-state index in [1.165, 1.54) is 13.3 Å². The van der Waals surface area contributed by atoms with Crippen LogP contribution in [0.1, 0.15) is 6.42 Å². The third-order valence-electron chi connectivity index (χ3n) is 2.89. The molecule has 1 unspecified atom stereocenters. The maximum Gasteiger partial charge on any atom is 0.237 e. The summed E-state index contributed by atoms with van der Waals surface area (Å²) in [6, 6.07) is 7.02. The summed E-state index contributed by atoms with van der Waals surface area (Å²) in [5.41, 5.74) is 6.12. The highest BCUT2D eigenvalue weighted by molar-refractivity contribution is 5.91. The van der Waals surface area contributed by atoms with Crippen LogP contribution in [0.25, 0.3) is 0 Å². The summed E-state index contributed by atoms with van der Waals surface area (Å²) in [4.78, 5) is 19.8. The van der Waals surface area contributed by atoms with Gasteiger partial charge in [-0.2, -0.15) is 0 Å². The first-order chi connectivity index (χ1) is 10.7. The molecule has 0 spiro atoms. The maximum absolute atomic E-state index is 11.9. The minimum atomic E-state index is -0.293. The van der Waals surface area contributed by atoms with E-state index in [0.29, 0.717) is 23.9 Å². The highest BCUT2D eigenvalue weighted by atomic mass is 35.5. The normalized spacial score (nSPS) is 11.2. The van der Waals surface area contributed by atoms with E-state index in [2.05, 4.69) is 15.3 Å². The number of amides is 1. The number of carbonyl (C=O) groups excluding carboxylic acids is 1. The summed E-state index contributed by atoms with van der Waals surface area (Å²) in [6.45, 7) is 0.291. The fraction of sp³-hybridized carbons (Fsp3) is 0.267. The molecule has 1 aromatic carbocycles. The van der Waals surface area contributed by atoms with E-state index >= 15 is 0 Å². The van der Waals surface area contributed by atoms with Gasteiger partial charge in [0.25, 0.3) is 0 Å². The Morgan fingerprint density at radius 2 is 2.22 bits per heavy atom. The number of nitrogens with zero attached hydrogens (tertiary/aromatic N) is 2. The highest BCUT2D eigenvalue weighted by Gasteiger charge is 2.11. The Hall–Kier alpha value is -2.22. The van der Waals surface area contributed by atoms with Crippen molar-refractivity contribution in [2.75, 3.05) is 19.0 Å². The maximum atomic E-state index is 11.9. The van der Waals surface area contributed by atoms with Gasteiger partial charge in [0.05, 0.1) is 18.7 Å². The monoisotopic (exact) mass is 338 g/mol. The van der Waals surface area contributed by atoms with Crippen LogP contribution in [0.4, 0.5) is 5.69 Å². The van der Waals surface area contributed by atoms with E-state index in [4.69, 9.17) is 15.2 Å². The van der Waals surface area contributed by atoms with Crippen LogP contribution in [-0.2, 0) is 9.53 Å². The number of halogens is 1. The molecule has 1 heterocycles. The Bertz CT molecular complexity index is 609. The van der Waals surface area contributed by atoms with Crippen molar-refractivity contribution in [2.24, 2.45) is 5.73 Å². The quantitative estimate of drug-likeness (QED) is 0.801. The van der Waals surface area contributed by atoms with E-state index in [1.54, 1.807) is 36.7 Å². The molecule has 1 amide bonds. The molecule has 3 N–H and O–H groups in total. The van der Waals surface area contributed by atoms with E-state index in [1.807, 2.05) is 0 Å². The number of aromatic nitrogens is 2. The van der Waals surface area contributed by atoms with Gasteiger partial charge in [-0.1, -0.05) is 6.07 Å². The van der Waals surface area contributed by atoms with Gasteiger partial charge >= 0.3 is 0 Å². The van der Waals surface area contributed by atoms with E-state index in [9.17, 15) is 4.79 Å². The second-order valence-corrected chi connectivity index (χ2v) is 4.52. The van der Waals surface area contributed by atoms with Crippen LogP contribution in [0.15, 0.2) is 42.9 Å². The molecular formula is C15H19ClN4O3. The summed E-state index contributed by atoms with van der Waals surface area (Å²) in [5.74, 6) is 0.767. The minimum Gasteiger partial charge on any atom is -0.437 e. The zero-order valence-electron chi connectivity index (χ0n) is 12.6. The smallest absolute Gasteiger partial charge is 0.237 e. The molecule has 2 rings (SSSR count). The molecule has 7 nitrogen and oxygen atoms in total. The Balaban J connectivity index is 0.00000264. The zero-order valence-corrected chi connectivity index (χ0v) is 13.5. The number of benzene rings is 1. The molecule has 0 fully saturated rings. The first kappa shape index (κ1) is 18.8. The third-order valence-corrected chi connectivity index (χ3v) is 2.89. The van der Waals surface area contributed by atoms with Crippen molar-refractivity contribution in [1.29, 1.82) is 0 Å². The highest BCUT2D eigenvalue weighted by Crippen LogP contribution is 2.22. The molecule has 1 aromatic heterocycles. The van der Waals surface area contributed by atoms with Crippen LogP contribution in [0.2, 0.25) is 0 Å². The van der Waals surface area contributed by atoms with Gasteiger partial charge in [-0.25, -0.2) is 4.98 Å². The first-order valence-corrected chi connectivity index (χ1v) is 6.78. The fourth-order valence-electron chi connectivity index (χ4n) is 1.78. The van der Waals surface area contributed by atoms with E-state index in [-0.39, 0.29) is 30.8 Å². The minimum absolute atomic E-state index is 0. The summed E-state index contributed by atoms with van der Waals surface area (Å²) >= 11 is 0. The summed E-state index contributed by atoms with van der Waals surface area (Å²) in [5, 5.41) is 2.78. The number of methoxy groups -OCH3 is 1. The van der Waals surface area contributed by atoms with Crippen LogP contribution in [-0.4, -0.2) is 35.6 Å². The molecule has 0 saturated heterocycles. The molecule has 0 bridgehead atoms. The van der Waals surface area contributed by atoms with Crippen molar-refractivity contribution in [3.63, 3.8) is 0 Å². The number of hydrogen-bond acceptors (Lipinski definition) is 6. The molecule has 1 atom stereocenters. The second kappa shape index (κ2) is 9.73. The Morgan fingerprint density at radius 1 is 1.39 bits per heavy atom. The predicted octanol–water partition coefficient (Wildman–Crippen LogP) is 1.99. The van der Waals surface area contributed by atoms with Gasteiger partial charge in [-0.05, 0) is 12.1 Å². The standard InChI is InChI=1S/C15H18N4O3.ClH/c1-21-13(9-16)8-14(20)19-11-3-2-4-12(7-11)22-15-10-17-5-6-18-15;/h2-7,10,13H,8-9,16H2,1H3,(H,19,20);1H. The molecule has 0 radical (unpaired) electrons. The number of ether oxygens (including phenoxy) is 2. The van der Waals surface area contributed by atoms with Crippen molar-refractivity contribution < 1.29 is 14.3 Å². The van der Waals surface area contributed by atoms with Crippen LogP contribution >= 0.6 is 12.4 Å². The predicted molar refractivity (Wildman–Crippen MR) is 88.9 cm³/mol. The molecule has 23 heavy (non-hydrogen) atoms. The summed E-state index contributed by atoms with van der Waals surface area (Å²) < 4.78 is 10.6. The largest absolute Gasteiger partial charge is 0.437 e. The van der Waals surface area contributed by atoms with E-state index < -0.39 is 0 Å². The van der Waals surface area contributed by atoms with Crippen LogP contribution in [0.5, 0.6) is 11.6 Å². The third kappa shape index (κ3) is 6.19. The fourth-order valence-corrected chi connectivity index (χ4v) is 1.78. The number of nitrogens with one attached hydrogen (secondary N) is 1. The summed E-state index contributed by atoms with van der Waals surface area (Å²) in [6.07, 6.45) is 4.52. The van der Waals surface area contributed by atoms with Crippen molar-refractivity contribution in [3.05, 3.63) is 42.9 Å². The lowest BCUT2D eigenvalue weighted by molar-refractivity contribution is -0.118. The average Bonchev–Trinajstić information content (AvgIpc) is 2.54. The lowest BCUT2D eigenvalue weighted by Crippen LogP contribution is -2.28. The number of hydrogen-bond donors (Lipinski definition) is 2. The number of carbonyl (C=O) groups is 1. The molecule has 0 aliphatic heterocycles. The van der Waals surface area contributed by atoms with Crippen molar-refractivity contribution in [2.45, 2.75) is 12.5 Å². The Kier molecular flexibility index (Phi) is 7.96. The van der Waals surface area contributed by atoms with Crippen molar-refractivity contribution >= 4 is 24.0 Å². The second-order valence-electron chi connectivity index (χ2n) is 4.52. The van der Waals surface area contributed by atoms with Gasteiger partial charge in [-0.15, -0.1) is 12.4 Å². The van der Waals surface area contributed by atoms with Crippen LogP contribution < -0.4 is 15.8 Å². The Morgan fingerprint density at radius 3 is 2.87 bits per heavy atom. The summed E-state index contributed by atoms with van der Waals surface area (Å²) in [7, 11) is 1.53. The van der Waals surface area contributed by atoms with Gasteiger partial charge in [0.15, 0.2) is 0 Å². The first-order valence-electron chi connectivity index (χ1n) is 6.78. The van der Waals surface area contributed by atoms with Crippen molar-refractivity contribution in [1.82, 2.24) is 9.97 Å². The Labute approximate surface area is 140 Å². The zero-order chi connectivity index (χ0) is 15.8. The number of nitrogens with two attached hydrogens (primary N) is 1. The molecule has 0 saturated carbocycles. The molecule has 124 valence electrons. The van der Waals surface area contributed by atoms with Gasteiger partial charge in [0, 0.05) is 37.8 Å². The number of rotatable bonds is 7. The average molecular weight is 339 g/mol. The number of anilines is 1. The molecule has 8 heteroatoms. The van der Waals surface area contributed by atoms with Gasteiger partial charge in [0.2, 0.25) is 11.8 Å². The molecular weight excluding hydrogens is 320 g/mol. The topological polar surface area (TPSA) is 99.4 Å². The molecule has 2 aromatic rings. The molecule has 0 aliphatic carbocycles. The molecule has 0 aliphatic rings. The van der Waals surface area contributed by atoms with E-state index in [0.717, 1.165) is 0 Å². The van der Waals surface area contributed by atoms with Gasteiger partial charge in [-0.3, -0.25) is 9.78 Å². The lowest BCUT2D eigenvalue weighted by Gasteiger charge is -2.13. The van der Waals surface area contributed by atoms with Crippen molar-refractivity contribution in [3.8, 4) is 11.6 Å². The van der Waals surface area contributed by atoms with Crippen LogP contribution in [0.3, 0.4) is 0 Å². The SMILES string of the molecule is COC(CN)CC(=O)Nc1cccc(Oc2cnccn2)c1.Cl. The lowest BCUT2D eigenvalue weighted by atomic mass is 10.2. The van der Waals surface area contributed by atoms with Crippen LogP contribution in [0, 0.1) is 0 Å². The van der Waals surface area contributed by atoms with Gasteiger partial charge < -0.3 is 20.5 Å². The van der Waals surface area contributed by atoms with Gasteiger partial charge in [0.1, 0.15) is 5.75 Å².